The minimum Gasteiger partial charge on any atom is -0.0654 e. The molecular weight excluding hydrogens is 783 g/mol. The lowest BCUT2D eigenvalue weighted by molar-refractivity contribution is 0.604. The van der Waals surface area contributed by atoms with Gasteiger partial charge >= 0.3 is 0 Å². The van der Waals surface area contributed by atoms with Crippen molar-refractivity contribution in [3.8, 4) is 0 Å². The van der Waals surface area contributed by atoms with Gasteiger partial charge < -0.3 is 0 Å². The Morgan fingerprint density at radius 2 is 0.484 bits per heavy atom. The van der Waals surface area contributed by atoms with Crippen LogP contribution in [0.15, 0.2) is 194 Å². The molecule has 0 aromatic heterocycles. The van der Waals surface area contributed by atoms with Gasteiger partial charge in [0.25, 0.3) is 0 Å². The van der Waals surface area contributed by atoms with E-state index in [1.54, 1.807) is 22.3 Å². The van der Waals surface area contributed by atoms with Gasteiger partial charge in [0.2, 0.25) is 0 Å². The Labute approximate surface area is 377 Å². The molecule has 0 radical (unpaired) electrons. The van der Waals surface area contributed by atoms with E-state index >= 15 is 0 Å². The van der Waals surface area contributed by atoms with Gasteiger partial charge in [0.05, 0.1) is 12.3 Å². The summed E-state index contributed by atoms with van der Waals surface area (Å²) in [5.41, 5.74) is 6.27. The van der Waals surface area contributed by atoms with Gasteiger partial charge in [-0.15, -0.1) is 0 Å². The molecule has 0 N–H and O–H groups in total. The summed E-state index contributed by atoms with van der Waals surface area (Å²) >= 11 is 0. The average molecular weight is 853 g/mol. The van der Waals surface area contributed by atoms with E-state index in [-0.39, 0.29) is 0 Å². The summed E-state index contributed by atoms with van der Waals surface area (Å²) in [6.45, 7) is 4.65. The molecule has 0 unspecified atom stereocenters. The standard InChI is InChI=1S/C60H70P2/c1-3-5-7-9-11-19-33-51-47-54(50-62(58-41-27-16-28-42-58,59-43-29-17-30-44-59)60-45-31-18-32-46-60)52(34-20-12-10-8-6-4-2)48-53(51)49-61(55-35-21-13-22-36-55,56-37-23-14-24-38-56)57-39-25-15-26-40-57/h13-18,21-32,35-48H,3-12,19-20,33-34,49-50H2,1-2H3/q+2. The van der Waals surface area contributed by atoms with Gasteiger partial charge in [0, 0.05) is 0 Å². The van der Waals surface area contributed by atoms with E-state index in [9.17, 15) is 0 Å². The molecule has 0 aliphatic rings. The number of aryl methyl sites for hydroxylation is 2. The molecule has 0 fully saturated rings. The van der Waals surface area contributed by atoms with Gasteiger partial charge in [-0.2, -0.15) is 0 Å². The molecule has 7 rings (SSSR count). The summed E-state index contributed by atoms with van der Waals surface area (Å²) in [6.07, 6.45) is 19.9. The number of hydrogen-bond donors (Lipinski definition) is 0. The van der Waals surface area contributed by atoms with Crippen LogP contribution >= 0.6 is 14.5 Å². The van der Waals surface area contributed by atoms with Crippen molar-refractivity contribution in [3.63, 3.8) is 0 Å². The monoisotopic (exact) mass is 852 g/mol. The van der Waals surface area contributed by atoms with Crippen molar-refractivity contribution in [2.45, 2.75) is 116 Å². The number of rotatable bonds is 24. The van der Waals surface area contributed by atoms with Crippen molar-refractivity contribution >= 4 is 46.4 Å². The minimum atomic E-state index is -2.11. The zero-order chi connectivity index (χ0) is 42.7. The molecule has 7 aromatic rings. The zero-order valence-corrected chi connectivity index (χ0v) is 39.5. The minimum absolute atomic E-state index is 1.02. The molecule has 0 heterocycles. The summed E-state index contributed by atoms with van der Waals surface area (Å²) in [5, 5.41) is 8.79. The van der Waals surface area contributed by atoms with Crippen LogP contribution in [0.25, 0.3) is 0 Å². The SMILES string of the molecule is CCCCCCCCc1cc(C[P+](c2ccccc2)(c2ccccc2)c2ccccc2)c(CCCCCCCC)cc1C[P+](c1ccccc1)(c1ccccc1)c1ccccc1. The number of hydrogen-bond acceptors (Lipinski definition) is 0. The predicted molar refractivity (Wildman–Crippen MR) is 278 cm³/mol. The molecule has 2 heteroatoms. The van der Waals surface area contributed by atoms with Crippen molar-refractivity contribution < 1.29 is 0 Å². The molecule has 318 valence electrons. The van der Waals surface area contributed by atoms with Crippen LogP contribution in [0.5, 0.6) is 0 Å². The van der Waals surface area contributed by atoms with Crippen molar-refractivity contribution in [2.75, 3.05) is 0 Å². The van der Waals surface area contributed by atoms with Gasteiger partial charge in [0.15, 0.2) is 0 Å². The van der Waals surface area contributed by atoms with E-state index in [1.165, 1.54) is 109 Å². The Balaban J connectivity index is 1.44. The molecule has 7 aromatic carbocycles. The van der Waals surface area contributed by atoms with Crippen molar-refractivity contribution in [1.29, 1.82) is 0 Å². The van der Waals surface area contributed by atoms with E-state index < -0.39 is 14.5 Å². The van der Waals surface area contributed by atoms with Crippen LogP contribution in [0.4, 0.5) is 0 Å². The second-order valence-electron chi connectivity index (χ2n) is 17.4. The van der Waals surface area contributed by atoms with E-state index in [4.69, 9.17) is 0 Å². The molecule has 0 saturated heterocycles. The highest BCUT2D eigenvalue weighted by Gasteiger charge is 2.48. The Morgan fingerprint density at radius 3 is 0.726 bits per heavy atom. The van der Waals surface area contributed by atoms with Gasteiger partial charge in [-0.1, -0.05) is 199 Å². The summed E-state index contributed by atoms with van der Waals surface area (Å²) in [7, 11) is -4.23. The maximum atomic E-state index is 2.76. The Kier molecular flexibility index (Phi) is 17.4. The molecule has 0 nitrogen and oxygen atoms in total. The molecule has 62 heavy (non-hydrogen) atoms. The molecular formula is C60H70P2+2. The zero-order valence-electron chi connectivity index (χ0n) is 37.7. The van der Waals surface area contributed by atoms with Gasteiger partial charge in [-0.05, 0) is 121 Å². The van der Waals surface area contributed by atoms with Crippen molar-refractivity contribution in [3.05, 3.63) is 216 Å². The van der Waals surface area contributed by atoms with Gasteiger partial charge in [-0.25, -0.2) is 0 Å². The lowest BCUT2D eigenvalue weighted by Gasteiger charge is -2.31. The fourth-order valence-corrected chi connectivity index (χ4v) is 18.4. The first-order valence-corrected chi connectivity index (χ1v) is 27.9. The normalized spacial score (nSPS) is 11.8. The first kappa shape index (κ1) is 45.4. The maximum Gasteiger partial charge on any atom is 0.116 e. The first-order chi connectivity index (χ1) is 30.7. The number of unbranched alkanes of at least 4 members (excludes halogenated alkanes) is 10. The van der Waals surface area contributed by atoms with E-state index in [2.05, 4.69) is 208 Å². The largest absolute Gasteiger partial charge is 0.116 e. The summed E-state index contributed by atoms with van der Waals surface area (Å²) in [5.74, 6) is 0. The Morgan fingerprint density at radius 1 is 0.258 bits per heavy atom. The molecule has 0 bridgehead atoms. The molecule has 0 saturated carbocycles. The third kappa shape index (κ3) is 11.1. The lowest BCUT2D eigenvalue weighted by Crippen LogP contribution is -2.33. The summed E-state index contributed by atoms with van der Waals surface area (Å²) in [4.78, 5) is 0. The van der Waals surface area contributed by atoms with Crippen LogP contribution in [-0.2, 0) is 25.2 Å². The van der Waals surface area contributed by atoms with Crippen LogP contribution in [-0.4, -0.2) is 0 Å². The van der Waals surface area contributed by atoms with E-state index in [0.717, 1.165) is 25.2 Å². The predicted octanol–water partition coefficient (Wildman–Crippen LogP) is 14.5. The quantitative estimate of drug-likeness (QED) is 0.0420. The van der Waals surface area contributed by atoms with E-state index in [0.29, 0.717) is 0 Å². The third-order valence-corrected chi connectivity index (χ3v) is 21.8. The van der Waals surface area contributed by atoms with Crippen molar-refractivity contribution in [2.24, 2.45) is 0 Å². The van der Waals surface area contributed by atoms with Gasteiger partial charge in [-0.3, -0.25) is 0 Å². The molecule has 0 aliphatic carbocycles. The van der Waals surface area contributed by atoms with Crippen LogP contribution < -0.4 is 31.8 Å². The fourth-order valence-electron chi connectivity index (χ4n) is 9.79. The summed E-state index contributed by atoms with van der Waals surface area (Å²) < 4.78 is 0. The highest BCUT2D eigenvalue weighted by molar-refractivity contribution is 7.95. The lowest BCUT2D eigenvalue weighted by atomic mass is 9.93. The molecule has 0 atom stereocenters. The van der Waals surface area contributed by atoms with E-state index in [1.807, 2.05) is 0 Å². The highest BCUT2D eigenvalue weighted by Crippen LogP contribution is 2.61. The molecule has 0 aliphatic heterocycles. The highest BCUT2D eigenvalue weighted by atomic mass is 31.2. The first-order valence-electron chi connectivity index (χ1n) is 23.9. The van der Waals surface area contributed by atoms with Crippen molar-refractivity contribution in [1.82, 2.24) is 0 Å². The number of benzene rings is 7. The van der Waals surface area contributed by atoms with Crippen LogP contribution in [0.1, 0.15) is 113 Å². The Bertz CT molecular complexity index is 1940. The Hall–Kier alpha value is -4.60. The third-order valence-electron chi connectivity index (χ3n) is 13.1. The second kappa shape index (κ2) is 23.7. The van der Waals surface area contributed by atoms with Crippen LogP contribution in [0, 0.1) is 0 Å². The molecule has 0 amide bonds. The van der Waals surface area contributed by atoms with Crippen LogP contribution in [0.2, 0.25) is 0 Å². The maximum absolute atomic E-state index is 2.76. The van der Waals surface area contributed by atoms with Gasteiger partial charge in [0.1, 0.15) is 46.4 Å². The average Bonchev–Trinajstić information content (AvgIpc) is 3.34. The smallest absolute Gasteiger partial charge is 0.0654 e. The topological polar surface area (TPSA) is 0 Å². The molecule has 0 spiro atoms. The van der Waals surface area contributed by atoms with Crippen LogP contribution in [0.3, 0.4) is 0 Å². The fraction of sp³-hybridized carbons (Fsp3) is 0.300. The summed E-state index contributed by atoms with van der Waals surface area (Å²) in [6, 6.07) is 74.9. The second-order valence-corrected chi connectivity index (χ2v) is 24.3.